The molecule has 1 aliphatic heterocycles. The zero-order valence-corrected chi connectivity index (χ0v) is 14.4. The predicted octanol–water partition coefficient (Wildman–Crippen LogP) is 2.89. The first-order valence-corrected chi connectivity index (χ1v) is 8.47. The Bertz CT molecular complexity index is 611. The first-order chi connectivity index (χ1) is 11.7. The number of alkyl halides is 3. The normalized spacial score (nSPS) is 26.8. The number of esters is 1. The third-order valence-electron chi connectivity index (χ3n) is 3.56. The minimum absolute atomic E-state index is 0.0731. The minimum atomic E-state index is -5.01. The molecule has 0 radical (unpaired) electrons. The van der Waals surface area contributed by atoms with Crippen LogP contribution in [-0.4, -0.2) is 41.7 Å². The second-order valence-electron chi connectivity index (χ2n) is 5.59. The molecule has 5 nitrogen and oxygen atoms in total. The largest absolute Gasteiger partial charge is 0.471 e. The van der Waals surface area contributed by atoms with E-state index in [-0.39, 0.29) is 6.42 Å². The van der Waals surface area contributed by atoms with Gasteiger partial charge in [-0.3, -0.25) is 9.59 Å². The lowest BCUT2D eigenvalue weighted by atomic mass is 10.00. The van der Waals surface area contributed by atoms with E-state index in [0.29, 0.717) is 0 Å². The molecule has 1 N–H and O–H groups in total. The number of carbonyl (C=O) groups is 2. The number of benzene rings is 1. The Labute approximate surface area is 147 Å². The fraction of sp³-hybridized carbons (Fsp3) is 0.500. The molecule has 0 saturated carbocycles. The number of carbonyl (C=O) groups excluding carboxylic acids is 2. The fourth-order valence-corrected chi connectivity index (χ4v) is 3.68. The summed E-state index contributed by atoms with van der Waals surface area (Å²) in [4.78, 5) is 23.4. The number of rotatable bonds is 4. The zero-order chi connectivity index (χ0) is 18.6. The van der Waals surface area contributed by atoms with Gasteiger partial charge in [0.15, 0.2) is 0 Å². The van der Waals surface area contributed by atoms with Crippen molar-refractivity contribution in [2.45, 2.75) is 55.0 Å². The molecule has 1 heterocycles. The van der Waals surface area contributed by atoms with Crippen molar-refractivity contribution in [3.05, 3.63) is 30.3 Å². The lowest BCUT2D eigenvalue weighted by Gasteiger charge is -2.40. The van der Waals surface area contributed by atoms with Crippen molar-refractivity contribution in [2.24, 2.45) is 0 Å². The number of amides is 1. The molecule has 1 aromatic rings. The first kappa shape index (κ1) is 19.6. The second-order valence-corrected chi connectivity index (χ2v) is 6.82. The maximum Gasteiger partial charge on any atom is 0.471 e. The van der Waals surface area contributed by atoms with Crippen LogP contribution in [0.4, 0.5) is 13.2 Å². The van der Waals surface area contributed by atoms with Gasteiger partial charge >= 0.3 is 18.1 Å². The highest BCUT2D eigenvalue weighted by Crippen LogP contribution is 2.34. The number of ether oxygens (including phenoxy) is 2. The van der Waals surface area contributed by atoms with Gasteiger partial charge in [0, 0.05) is 18.2 Å². The van der Waals surface area contributed by atoms with Crippen LogP contribution in [0, 0.1) is 0 Å². The van der Waals surface area contributed by atoms with Crippen molar-refractivity contribution < 1.29 is 32.2 Å². The van der Waals surface area contributed by atoms with Crippen molar-refractivity contribution in [3.63, 3.8) is 0 Å². The van der Waals surface area contributed by atoms with Crippen LogP contribution in [-0.2, 0) is 19.1 Å². The molecule has 1 fully saturated rings. The highest BCUT2D eigenvalue weighted by molar-refractivity contribution is 7.99. The Morgan fingerprint density at radius 1 is 1.28 bits per heavy atom. The third-order valence-corrected chi connectivity index (χ3v) is 4.67. The fourth-order valence-electron chi connectivity index (χ4n) is 2.53. The number of thioether (sulfide) groups is 1. The van der Waals surface area contributed by atoms with Crippen LogP contribution in [0.15, 0.2) is 35.2 Å². The molecule has 0 spiro atoms. The molecule has 1 aliphatic rings. The third kappa shape index (κ3) is 5.64. The van der Waals surface area contributed by atoms with E-state index in [9.17, 15) is 22.8 Å². The summed E-state index contributed by atoms with van der Waals surface area (Å²) >= 11 is 1.33. The van der Waals surface area contributed by atoms with Gasteiger partial charge in [0.25, 0.3) is 0 Å². The van der Waals surface area contributed by atoms with Crippen LogP contribution in [0.25, 0.3) is 0 Å². The summed E-state index contributed by atoms with van der Waals surface area (Å²) in [6.07, 6.45) is -6.59. The van der Waals surface area contributed by atoms with E-state index in [1.54, 1.807) is 6.92 Å². The molecule has 1 aromatic carbocycles. The lowest BCUT2D eigenvalue weighted by Crippen LogP contribution is -2.57. The van der Waals surface area contributed by atoms with Gasteiger partial charge in [-0.25, -0.2) is 0 Å². The second kappa shape index (κ2) is 8.09. The quantitative estimate of drug-likeness (QED) is 0.818. The SMILES string of the molecule is CC(=O)O[C@@H]1[C@@H](NC(=O)C(F)(F)F)C[C@H](Sc2ccccc2)O[C@H]1C. The Kier molecular flexibility index (Phi) is 6.34. The molecular weight excluding hydrogens is 359 g/mol. The van der Waals surface area contributed by atoms with Gasteiger partial charge in [0.1, 0.15) is 11.5 Å². The average molecular weight is 377 g/mol. The van der Waals surface area contributed by atoms with Gasteiger partial charge in [0.2, 0.25) is 0 Å². The molecule has 1 saturated heterocycles. The van der Waals surface area contributed by atoms with Crippen molar-refractivity contribution in [1.82, 2.24) is 5.32 Å². The van der Waals surface area contributed by atoms with Gasteiger partial charge in [-0.1, -0.05) is 30.0 Å². The first-order valence-electron chi connectivity index (χ1n) is 7.59. The smallest absolute Gasteiger partial charge is 0.458 e. The van der Waals surface area contributed by atoms with Gasteiger partial charge in [0.05, 0.1) is 12.1 Å². The molecular formula is C16H18F3NO4S. The predicted molar refractivity (Wildman–Crippen MR) is 84.8 cm³/mol. The van der Waals surface area contributed by atoms with Crippen molar-refractivity contribution in [1.29, 1.82) is 0 Å². The van der Waals surface area contributed by atoms with E-state index in [4.69, 9.17) is 9.47 Å². The summed E-state index contributed by atoms with van der Waals surface area (Å²) in [5.74, 6) is -2.71. The Balaban J connectivity index is 2.13. The zero-order valence-electron chi connectivity index (χ0n) is 13.6. The molecule has 138 valence electrons. The Morgan fingerprint density at radius 3 is 2.48 bits per heavy atom. The summed E-state index contributed by atoms with van der Waals surface area (Å²) in [6, 6.07) is 8.21. The number of nitrogens with one attached hydrogen (secondary N) is 1. The molecule has 0 unspecified atom stereocenters. The number of halogens is 3. The van der Waals surface area contributed by atoms with Crippen LogP contribution < -0.4 is 5.32 Å². The summed E-state index contributed by atoms with van der Waals surface area (Å²) in [7, 11) is 0. The van der Waals surface area contributed by atoms with Gasteiger partial charge in [-0.15, -0.1) is 0 Å². The van der Waals surface area contributed by atoms with E-state index in [1.165, 1.54) is 11.8 Å². The summed E-state index contributed by atoms with van der Waals surface area (Å²) in [6.45, 7) is 2.75. The van der Waals surface area contributed by atoms with Gasteiger partial charge < -0.3 is 14.8 Å². The summed E-state index contributed by atoms with van der Waals surface area (Å²) < 4.78 is 48.6. The summed E-state index contributed by atoms with van der Waals surface area (Å²) in [5, 5.41) is 1.93. The lowest BCUT2D eigenvalue weighted by molar-refractivity contribution is -0.182. The highest BCUT2D eigenvalue weighted by atomic mass is 32.2. The molecule has 0 aromatic heterocycles. The summed E-state index contributed by atoms with van der Waals surface area (Å²) in [5.41, 5.74) is -0.484. The molecule has 0 aliphatic carbocycles. The van der Waals surface area contributed by atoms with Crippen molar-refractivity contribution >= 4 is 23.6 Å². The molecule has 25 heavy (non-hydrogen) atoms. The topological polar surface area (TPSA) is 64.6 Å². The molecule has 0 bridgehead atoms. The molecule has 2 rings (SSSR count). The standard InChI is InChI=1S/C16H18F3NO4S/c1-9-14(24-10(2)21)12(20-15(22)16(17,18)19)8-13(23-9)25-11-6-4-3-5-7-11/h3-7,9,12-14H,8H2,1-2H3,(H,20,22)/t9-,12-,13-,14-/m0/s1. The van der Waals surface area contributed by atoms with E-state index in [1.807, 2.05) is 35.6 Å². The van der Waals surface area contributed by atoms with Crippen LogP contribution in [0.3, 0.4) is 0 Å². The Morgan fingerprint density at radius 2 is 1.92 bits per heavy atom. The van der Waals surface area contributed by atoms with E-state index in [0.717, 1.165) is 11.8 Å². The number of hydrogen-bond acceptors (Lipinski definition) is 5. The maximum atomic E-state index is 12.6. The van der Waals surface area contributed by atoms with Crippen molar-refractivity contribution in [3.8, 4) is 0 Å². The van der Waals surface area contributed by atoms with Gasteiger partial charge in [-0.05, 0) is 19.1 Å². The Hall–Kier alpha value is -1.74. The molecule has 4 atom stereocenters. The van der Waals surface area contributed by atoms with E-state index in [2.05, 4.69) is 0 Å². The van der Waals surface area contributed by atoms with Crippen molar-refractivity contribution in [2.75, 3.05) is 0 Å². The minimum Gasteiger partial charge on any atom is -0.458 e. The average Bonchev–Trinajstić information content (AvgIpc) is 2.50. The van der Waals surface area contributed by atoms with E-state index < -0.39 is 41.7 Å². The van der Waals surface area contributed by atoms with Gasteiger partial charge in [-0.2, -0.15) is 13.2 Å². The molecule has 1 amide bonds. The van der Waals surface area contributed by atoms with Crippen LogP contribution >= 0.6 is 11.8 Å². The monoisotopic (exact) mass is 377 g/mol. The molecule has 9 heteroatoms. The maximum absolute atomic E-state index is 12.6. The van der Waals surface area contributed by atoms with Crippen LogP contribution in [0.2, 0.25) is 0 Å². The van der Waals surface area contributed by atoms with Crippen LogP contribution in [0.1, 0.15) is 20.3 Å². The number of hydrogen-bond donors (Lipinski definition) is 1. The van der Waals surface area contributed by atoms with E-state index >= 15 is 0 Å². The highest BCUT2D eigenvalue weighted by Gasteiger charge is 2.45. The van der Waals surface area contributed by atoms with Crippen LogP contribution in [0.5, 0.6) is 0 Å².